The minimum absolute atomic E-state index is 0.224. The number of benzene rings is 1. The van der Waals surface area contributed by atoms with Crippen LogP contribution in [0.5, 0.6) is 5.75 Å². The lowest BCUT2D eigenvalue weighted by Gasteiger charge is -2.35. The second kappa shape index (κ2) is 10.4. The first kappa shape index (κ1) is 22.0. The van der Waals surface area contributed by atoms with Crippen LogP contribution in [0.3, 0.4) is 0 Å². The van der Waals surface area contributed by atoms with Crippen molar-refractivity contribution in [1.29, 1.82) is 0 Å². The molecule has 0 radical (unpaired) electrons. The van der Waals surface area contributed by atoms with Crippen molar-refractivity contribution < 1.29 is 4.74 Å². The highest BCUT2D eigenvalue weighted by atomic mass is 16.5. The molecule has 1 saturated heterocycles. The topological polar surface area (TPSA) is 81.7 Å². The Morgan fingerprint density at radius 1 is 1.03 bits per heavy atom. The lowest BCUT2D eigenvalue weighted by atomic mass is 10.3. The van der Waals surface area contributed by atoms with Crippen molar-refractivity contribution in [3.63, 3.8) is 0 Å². The Kier molecular flexibility index (Phi) is 7.64. The summed E-state index contributed by atoms with van der Waals surface area (Å²) in [5, 5.41) is 6.59. The Balaban J connectivity index is 1.76. The highest BCUT2D eigenvalue weighted by molar-refractivity contribution is 5.63. The molecule has 0 amide bonds. The summed E-state index contributed by atoms with van der Waals surface area (Å²) >= 11 is 0. The number of hydrogen-bond acceptors (Lipinski definition) is 9. The Labute approximate surface area is 179 Å². The van der Waals surface area contributed by atoms with Crippen molar-refractivity contribution in [1.82, 2.24) is 24.8 Å². The molecule has 2 heterocycles. The zero-order valence-corrected chi connectivity index (χ0v) is 18.7. The Morgan fingerprint density at radius 3 is 2.40 bits per heavy atom. The number of anilines is 4. The van der Waals surface area contributed by atoms with Gasteiger partial charge in [-0.2, -0.15) is 15.0 Å². The number of nitrogens with zero attached hydrogens (tertiary/aromatic N) is 6. The molecule has 0 saturated carbocycles. The molecule has 1 aliphatic rings. The largest absolute Gasteiger partial charge is 0.495 e. The van der Waals surface area contributed by atoms with Gasteiger partial charge in [0.05, 0.1) is 12.8 Å². The summed E-state index contributed by atoms with van der Waals surface area (Å²) in [6, 6.07) is 7.96. The Bertz CT molecular complexity index is 805. The van der Waals surface area contributed by atoms with Crippen LogP contribution in [0.25, 0.3) is 0 Å². The van der Waals surface area contributed by atoms with E-state index in [-0.39, 0.29) is 6.04 Å². The van der Waals surface area contributed by atoms with E-state index in [0.29, 0.717) is 17.8 Å². The molecule has 0 unspecified atom stereocenters. The van der Waals surface area contributed by atoms with Gasteiger partial charge in [0, 0.05) is 45.3 Å². The fraction of sp³-hybridized carbons (Fsp3) is 0.571. The van der Waals surface area contributed by atoms with Crippen molar-refractivity contribution in [2.75, 3.05) is 76.0 Å². The summed E-state index contributed by atoms with van der Waals surface area (Å²) in [6.07, 6.45) is 0. The quantitative estimate of drug-likeness (QED) is 0.641. The molecule has 2 aromatic rings. The fourth-order valence-electron chi connectivity index (χ4n) is 3.27. The lowest BCUT2D eigenvalue weighted by Crippen LogP contribution is -2.48. The maximum Gasteiger partial charge on any atom is 0.233 e. The molecule has 9 heteroatoms. The van der Waals surface area contributed by atoms with Gasteiger partial charge in [-0.25, -0.2) is 0 Å². The second-order valence-corrected chi connectivity index (χ2v) is 8.04. The number of hydrogen-bond donors (Lipinski definition) is 2. The van der Waals surface area contributed by atoms with Gasteiger partial charge in [0.25, 0.3) is 0 Å². The van der Waals surface area contributed by atoms with Crippen molar-refractivity contribution in [3.8, 4) is 5.75 Å². The minimum atomic E-state index is 0.224. The molecular weight excluding hydrogens is 380 g/mol. The van der Waals surface area contributed by atoms with Crippen LogP contribution in [-0.2, 0) is 0 Å². The molecule has 2 N–H and O–H groups in total. The summed E-state index contributed by atoms with van der Waals surface area (Å²) in [4.78, 5) is 20.9. The average Bonchev–Trinajstić information content (AvgIpc) is 2.72. The summed E-state index contributed by atoms with van der Waals surface area (Å²) in [7, 11) is 5.88. The molecule has 1 aliphatic heterocycles. The fourth-order valence-corrected chi connectivity index (χ4v) is 3.27. The van der Waals surface area contributed by atoms with Crippen LogP contribution >= 0.6 is 0 Å². The monoisotopic (exact) mass is 414 g/mol. The van der Waals surface area contributed by atoms with Gasteiger partial charge in [-0.1, -0.05) is 12.1 Å². The van der Waals surface area contributed by atoms with E-state index in [1.54, 1.807) is 7.11 Å². The van der Waals surface area contributed by atoms with Gasteiger partial charge in [0.15, 0.2) is 0 Å². The lowest BCUT2D eigenvalue weighted by molar-refractivity contribution is 0.228. The smallest absolute Gasteiger partial charge is 0.233 e. The molecule has 0 spiro atoms. The predicted molar refractivity (Wildman–Crippen MR) is 122 cm³/mol. The summed E-state index contributed by atoms with van der Waals surface area (Å²) in [6.45, 7) is 10.1. The number of methoxy groups -OCH3 is 1. The summed E-state index contributed by atoms with van der Waals surface area (Å²) < 4.78 is 5.44. The number of rotatable bonds is 9. The SMILES string of the molecule is COc1ccccc1Nc1nc(NC(C)C)nc(N2CCN(CCN(C)C)CC2)n1. The van der Waals surface area contributed by atoms with Gasteiger partial charge in [0.1, 0.15) is 5.75 Å². The van der Waals surface area contributed by atoms with Crippen molar-refractivity contribution in [2.45, 2.75) is 19.9 Å². The molecule has 1 aromatic carbocycles. The molecule has 3 rings (SSSR count). The van der Waals surface area contributed by atoms with Crippen molar-refractivity contribution >= 4 is 23.5 Å². The molecule has 30 heavy (non-hydrogen) atoms. The van der Waals surface area contributed by atoms with Gasteiger partial charge in [-0.3, -0.25) is 4.90 Å². The molecule has 9 nitrogen and oxygen atoms in total. The molecule has 1 aromatic heterocycles. The third-order valence-electron chi connectivity index (χ3n) is 4.91. The Hall–Kier alpha value is -2.65. The van der Waals surface area contributed by atoms with E-state index in [0.717, 1.165) is 50.7 Å². The van der Waals surface area contributed by atoms with E-state index in [1.165, 1.54) is 0 Å². The number of para-hydroxylation sites is 2. The number of piperazine rings is 1. The van der Waals surface area contributed by atoms with Crippen LogP contribution in [0.4, 0.5) is 23.5 Å². The average molecular weight is 415 g/mol. The van der Waals surface area contributed by atoms with E-state index >= 15 is 0 Å². The van der Waals surface area contributed by atoms with Crippen LogP contribution in [0, 0.1) is 0 Å². The van der Waals surface area contributed by atoms with Gasteiger partial charge in [-0.05, 0) is 40.1 Å². The van der Waals surface area contributed by atoms with Crippen molar-refractivity contribution in [2.24, 2.45) is 0 Å². The highest BCUT2D eigenvalue weighted by Gasteiger charge is 2.21. The van der Waals surface area contributed by atoms with Gasteiger partial charge in [0.2, 0.25) is 17.8 Å². The van der Waals surface area contributed by atoms with Crippen LogP contribution < -0.4 is 20.3 Å². The third kappa shape index (κ3) is 6.17. The molecular formula is C21H34N8O. The van der Waals surface area contributed by atoms with E-state index < -0.39 is 0 Å². The molecule has 1 fully saturated rings. The maximum absolute atomic E-state index is 5.44. The minimum Gasteiger partial charge on any atom is -0.495 e. The zero-order chi connectivity index (χ0) is 21.5. The number of ether oxygens (including phenoxy) is 1. The van der Waals surface area contributed by atoms with Crippen LogP contribution in [0.15, 0.2) is 24.3 Å². The summed E-state index contributed by atoms with van der Waals surface area (Å²) in [5.74, 6) is 2.51. The van der Waals surface area contributed by atoms with Crippen LogP contribution in [-0.4, -0.2) is 91.3 Å². The number of nitrogens with one attached hydrogen (secondary N) is 2. The van der Waals surface area contributed by atoms with Crippen molar-refractivity contribution in [3.05, 3.63) is 24.3 Å². The molecule has 164 valence electrons. The molecule has 0 aliphatic carbocycles. The first-order valence-electron chi connectivity index (χ1n) is 10.5. The second-order valence-electron chi connectivity index (χ2n) is 8.04. The van der Waals surface area contributed by atoms with Gasteiger partial charge in [-0.15, -0.1) is 0 Å². The summed E-state index contributed by atoms with van der Waals surface area (Å²) in [5.41, 5.74) is 0.821. The van der Waals surface area contributed by atoms with E-state index in [9.17, 15) is 0 Å². The maximum atomic E-state index is 5.44. The van der Waals surface area contributed by atoms with E-state index in [1.807, 2.05) is 24.3 Å². The highest BCUT2D eigenvalue weighted by Crippen LogP contribution is 2.26. The first-order valence-corrected chi connectivity index (χ1v) is 10.5. The normalized spacial score (nSPS) is 15.0. The molecule has 0 atom stereocenters. The van der Waals surface area contributed by atoms with Crippen LogP contribution in [0.1, 0.15) is 13.8 Å². The van der Waals surface area contributed by atoms with E-state index in [4.69, 9.17) is 9.72 Å². The molecule has 0 bridgehead atoms. The standard InChI is InChI=1S/C21H34N8O/c1-16(2)22-19-24-20(23-17-8-6-7-9-18(17)30-5)26-21(25-19)29-14-12-28(13-15-29)11-10-27(3)4/h6-9,16H,10-15H2,1-5H3,(H2,22,23,24,25,26). The third-order valence-corrected chi connectivity index (χ3v) is 4.91. The number of likely N-dealkylation sites (N-methyl/N-ethyl adjacent to an activating group) is 1. The zero-order valence-electron chi connectivity index (χ0n) is 18.7. The number of aromatic nitrogens is 3. The van der Waals surface area contributed by atoms with Gasteiger partial charge >= 0.3 is 0 Å². The predicted octanol–water partition coefficient (Wildman–Crippen LogP) is 2.13. The van der Waals surface area contributed by atoms with Crippen LogP contribution in [0.2, 0.25) is 0 Å². The Morgan fingerprint density at radius 2 is 1.73 bits per heavy atom. The first-order chi connectivity index (χ1) is 14.4. The van der Waals surface area contributed by atoms with E-state index in [2.05, 4.69) is 63.2 Å². The van der Waals surface area contributed by atoms with Gasteiger partial charge < -0.3 is 25.2 Å².